The van der Waals surface area contributed by atoms with Crippen LogP contribution in [0.2, 0.25) is 5.02 Å². The van der Waals surface area contributed by atoms with Gasteiger partial charge in [-0.2, -0.15) is 0 Å². The Morgan fingerprint density at radius 1 is 1.35 bits per heavy atom. The van der Waals surface area contributed by atoms with Crippen LogP contribution in [0, 0.1) is 5.82 Å². The molecule has 122 valence electrons. The van der Waals surface area contributed by atoms with Crippen molar-refractivity contribution in [2.45, 2.75) is 13.3 Å². The second kappa shape index (κ2) is 7.15. The first-order valence-corrected chi connectivity index (χ1v) is 7.08. The smallest absolute Gasteiger partial charge is 0.311 e. The van der Waals surface area contributed by atoms with Crippen molar-refractivity contribution in [2.24, 2.45) is 0 Å². The highest BCUT2D eigenvalue weighted by atomic mass is 35.5. The lowest BCUT2D eigenvalue weighted by molar-refractivity contribution is -0.142. The van der Waals surface area contributed by atoms with Crippen molar-refractivity contribution in [2.75, 3.05) is 12.3 Å². The molecule has 0 bridgehead atoms. The standard InChI is InChI=1S/C15H14ClFN2O4/c1-2-22-14(21)6-11-15(17)12(7-13(20)19-11)23-10-4-8(16)3-9(18)5-10/h3-5,7H,2,6,18H2,1H3,(H,19,20). The number of carbonyl (C=O) groups excluding carboxylic acids is 1. The van der Waals surface area contributed by atoms with Crippen molar-refractivity contribution in [3.8, 4) is 11.5 Å². The fourth-order valence-electron chi connectivity index (χ4n) is 1.89. The number of aromatic nitrogens is 1. The molecule has 0 aliphatic rings. The van der Waals surface area contributed by atoms with E-state index in [4.69, 9.17) is 26.8 Å². The number of aromatic amines is 1. The zero-order valence-corrected chi connectivity index (χ0v) is 12.9. The predicted molar refractivity (Wildman–Crippen MR) is 83.3 cm³/mol. The molecule has 0 aliphatic heterocycles. The molecule has 0 saturated heterocycles. The van der Waals surface area contributed by atoms with E-state index in [0.29, 0.717) is 10.7 Å². The third kappa shape index (κ3) is 4.46. The van der Waals surface area contributed by atoms with Crippen molar-refractivity contribution in [1.82, 2.24) is 4.98 Å². The SMILES string of the molecule is CCOC(=O)Cc1[nH]c(=O)cc(Oc2cc(N)cc(Cl)c2)c1F. The van der Waals surface area contributed by atoms with Gasteiger partial charge in [-0.1, -0.05) is 11.6 Å². The van der Waals surface area contributed by atoms with Gasteiger partial charge in [-0.05, 0) is 19.1 Å². The molecule has 0 unspecified atom stereocenters. The number of rotatable bonds is 5. The fourth-order valence-corrected chi connectivity index (χ4v) is 2.13. The van der Waals surface area contributed by atoms with Gasteiger partial charge in [-0.25, -0.2) is 4.39 Å². The number of H-pyrrole nitrogens is 1. The Hall–Kier alpha value is -2.54. The van der Waals surface area contributed by atoms with Crippen molar-refractivity contribution < 1.29 is 18.7 Å². The van der Waals surface area contributed by atoms with Crippen LogP contribution < -0.4 is 16.0 Å². The van der Waals surface area contributed by atoms with E-state index in [1.165, 1.54) is 18.2 Å². The maximum Gasteiger partial charge on any atom is 0.311 e. The maximum absolute atomic E-state index is 14.4. The van der Waals surface area contributed by atoms with Gasteiger partial charge in [0.05, 0.1) is 18.7 Å². The number of nitrogens with two attached hydrogens (primary N) is 1. The van der Waals surface area contributed by atoms with Gasteiger partial charge in [0.15, 0.2) is 11.6 Å². The Bertz CT molecular complexity index is 771. The number of ether oxygens (including phenoxy) is 2. The molecular weight excluding hydrogens is 327 g/mol. The van der Waals surface area contributed by atoms with Crippen LogP contribution in [0.1, 0.15) is 12.6 Å². The molecule has 0 atom stereocenters. The summed E-state index contributed by atoms with van der Waals surface area (Å²) in [6.45, 7) is 1.78. The quantitative estimate of drug-likeness (QED) is 0.644. The zero-order valence-electron chi connectivity index (χ0n) is 12.2. The monoisotopic (exact) mass is 340 g/mol. The molecule has 1 heterocycles. The van der Waals surface area contributed by atoms with E-state index < -0.39 is 23.8 Å². The zero-order chi connectivity index (χ0) is 17.0. The van der Waals surface area contributed by atoms with Gasteiger partial charge >= 0.3 is 5.97 Å². The van der Waals surface area contributed by atoms with Crippen molar-refractivity contribution >= 4 is 23.3 Å². The molecule has 3 N–H and O–H groups in total. The Morgan fingerprint density at radius 2 is 2.09 bits per heavy atom. The molecule has 1 aromatic carbocycles. The molecule has 0 spiro atoms. The molecule has 0 radical (unpaired) electrons. The lowest BCUT2D eigenvalue weighted by Crippen LogP contribution is -2.16. The van der Waals surface area contributed by atoms with Gasteiger partial charge in [0, 0.05) is 22.8 Å². The van der Waals surface area contributed by atoms with Crippen LogP contribution in [0.5, 0.6) is 11.5 Å². The molecule has 2 aromatic rings. The second-order valence-electron chi connectivity index (χ2n) is 4.59. The van der Waals surface area contributed by atoms with Gasteiger partial charge in [0.1, 0.15) is 5.75 Å². The second-order valence-corrected chi connectivity index (χ2v) is 5.03. The van der Waals surface area contributed by atoms with Crippen LogP contribution in [0.3, 0.4) is 0 Å². The van der Waals surface area contributed by atoms with E-state index in [0.717, 1.165) is 6.07 Å². The Labute approximate surface area is 136 Å². The average Bonchev–Trinajstić information content (AvgIpc) is 2.43. The molecule has 8 heteroatoms. The predicted octanol–water partition coefficient (Wildman–Crippen LogP) is 2.65. The lowest BCUT2D eigenvalue weighted by Gasteiger charge is -2.10. The summed E-state index contributed by atoms with van der Waals surface area (Å²) >= 11 is 5.84. The highest BCUT2D eigenvalue weighted by molar-refractivity contribution is 6.31. The van der Waals surface area contributed by atoms with Gasteiger partial charge in [0.2, 0.25) is 0 Å². The van der Waals surface area contributed by atoms with Gasteiger partial charge in [-0.3, -0.25) is 9.59 Å². The van der Waals surface area contributed by atoms with E-state index in [1.807, 2.05) is 0 Å². The maximum atomic E-state index is 14.4. The number of hydrogen-bond donors (Lipinski definition) is 2. The van der Waals surface area contributed by atoms with Crippen LogP contribution in [0.15, 0.2) is 29.1 Å². The third-order valence-electron chi connectivity index (χ3n) is 2.77. The molecule has 0 amide bonds. The van der Waals surface area contributed by atoms with E-state index in [2.05, 4.69) is 4.98 Å². The molecule has 0 fully saturated rings. The topological polar surface area (TPSA) is 94.4 Å². The van der Waals surface area contributed by atoms with Crippen LogP contribution in [-0.4, -0.2) is 17.6 Å². The summed E-state index contributed by atoms with van der Waals surface area (Å²) in [5.41, 5.74) is 5.11. The van der Waals surface area contributed by atoms with Crippen molar-refractivity contribution in [1.29, 1.82) is 0 Å². The number of pyridine rings is 1. The number of carbonyl (C=O) groups is 1. The van der Waals surface area contributed by atoms with Gasteiger partial charge in [-0.15, -0.1) is 0 Å². The Balaban J connectivity index is 2.33. The minimum absolute atomic E-state index is 0.155. The van der Waals surface area contributed by atoms with Crippen molar-refractivity contribution in [3.63, 3.8) is 0 Å². The van der Waals surface area contributed by atoms with Crippen LogP contribution in [0.25, 0.3) is 0 Å². The fraction of sp³-hybridized carbons (Fsp3) is 0.200. The largest absolute Gasteiger partial charge is 0.466 e. The first-order valence-electron chi connectivity index (χ1n) is 6.70. The molecule has 1 aromatic heterocycles. The summed E-state index contributed by atoms with van der Waals surface area (Å²) in [6.07, 6.45) is -0.413. The highest BCUT2D eigenvalue weighted by Gasteiger charge is 2.16. The van der Waals surface area contributed by atoms with Crippen molar-refractivity contribution in [3.05, 3.63) is 51.2 Å². The molecule has 23 heavy (non-hydrogen) atoms. The van der Waals surface area contributed by atoms with E-state index in [1.54, 1.807) is 6.92 Å². The normalized spacial score (nSPS) is 10.4. The molecule has 0 aliphatic carbocycles. The van der Waals surface area contributed by atoms with Gasteiger partial charge in [0.25, 0.3) is 5.56 Å². The lowest BCUT2D eigenvalue weighted by atomic mass is 10.2. The number of anilines is 1. The number of esters is 1. The summed E-state index contributed by atoms with van der Waals surface area (Å²) in [5, 5.41) is 0.303. The molecule has 6 nitrogen and oxygen atoms in total. The first kappa shape index (κ1) is 16.8. The molecular formula is C15H14ClFN2O4. The number of nitrogen functional groups attached to an aromatic ring is 1. The number of nitrogens with one attached hydrogen (secondary N) is 1. The van der Waals surface area contributed by atoms with Crippen LogP contribution in [-0.2, 0) is 16.0 Å². The molecule has 2 rings (SSSR count). The van der Waals surface area contributed by atoms with E-state index in [-0.39, 0.29) is 23.8 Å². The summed E-state index contributed by atoms with van der Waals surface area (Å²) in [4.78, 5) is 25.3. The summed E-state index contributed by atoms with van der Waals surface area (Å²) in [6, 6.07) is 5.27. The first-order chi connectivity index (χ1) is 10.9. The third-order valence-corrected chi connectivity index (χ3v) is 2.98. The van der Waals surface area contributed by atoms with E-state index >= 15 is 0 Å². The number of hydrogen-bond acceptors (Lipinski definition) is 5. The summed E-state index contributed by atoms with van der Waals surface area (Å²) in [5.74, 6) is -1.70. The highest BCUT2D eigenvalue weighted by Crippen LogP contribution is 2.28. The minimum atomic E-state index is -0.865. The molecule has 0 saturated carbocycles. The number of benzene rings is 1. The Morgan fingerprint density at radius 3 is 2.74 bits per heavy atom. The van der Waals surface area contributed by atoms with Crippen LogP contribution >= 0.6 is 11.6 Å². The summed E-state index contributed by atoms with van der Waals surface area (Å²) < 4.78 is 24.4. The minimum Gasteiger partial charge on any atom is -0.466 e. The van der Waals surface area contributed by atoms with E-state index in [9.17, 15) is 14.0 Å². The van der Waals surface area contributed by atoms with Crippen LogP contribution in [0.4, 0.5) is 10.1 Å². The number of halogens is 2. The van der Waals surface area contributed by atoms with Gasteiger partial charge < -0.3 is 20.2 Å². The average molecular weight is 341 g/mol. The summed E-state index contributed by atoms with van der Waals surface area (Å²) in [7, 11) is 0. The Kier molecular flexibility index (Phi) is 5.23.